The number of aryl methyl sites for hydroxylation is 1. The topological polar surface area (TPSA) is 116 Å². The van der Waals surface area contributed by atoms with Crippen molar-refractivity contribution < 1.29 is 26.7 Å². The molecule has 3 fully saturated rings. The molecule has 3 aromatic heterocycles. The van der Waals surface area contributed by atoms with Crippen molar-refractivity contribution in [3.63, 3.8) is 0 Å². The van der Waals surface area contributed by atoms with Gasteiger partial charge in [-0.3, -0.25) is 4.79 Å². The Kier molecular flexibility index (Phi) is 8.17. The number of hydrogen-bond donors (Lipinski definition) is 1. The fourth-order valence-corrected chi connectivity index (χ4v) is 8.25. The Bertz CT molecular complexity index is 2200. The number of pyridine rings is 1. The molecule has 244 valence electrons. The van der Waals surface area contributed by atoms with Gasteiger partial charge in [0.25, 0.3) is 10.0 Å². The minimum Gasteiger partial charge on any atom is -0.469 e. The second kappa shape index (κ2) is 12.5. The van der Waals surface area contributed by atoms with Crippen molar-refractivity contribution in [3.8, 4) is 23.2 Å². The third-order valence-electron chi connectivity index (χ3n) is 9.34. The number of esters is 1. The lowest BCUT2D eigenvalue weighted by Crippen LogP contribution is -2.52. The van der Waals surface area contributed by atoms with Crippen LogP contribution in [0.15, 0.2) is 78.0 Å². The minimum atomic E-state index is -4.20. The number of anilines is 1. The highest BCUT2D eigenvalue weighted by atomic mass is 32.2. The molecule has 3 heterocycles. The van der Waals surface area contributed by atoms with Gasteiger partial charge in [-0.05, 0) is 80.7 Å². The molecule has 48 heavy (non-hydrogen) atoms. The van der Waals surface area contributed by atoms with E-state index in [4.69, 9.17) is 4.74 Å². The molecule has 3 aliphatic carbocycles. The molecule has 0 spiro atoms. The molecule has 3 aliphatic rings. The molecule has 12 heteroatoms. The normalized spacial score (nSPS) is 20.2. The monoisotopic (exact) mass is 667 g/mol. The van der Waals surface area contributed by atoms with Crippen LogP contribution in [-0.4, -0.2) is 46.5 Å². The summed E-state index contributed by atoms with van der Waals surface area (Å²) in [5.74, 6) is 3.18. The molecule has 5 aromatic rings. The van der Waals surface area contributed by atoms with Crippen molar-refractivity contribution >= 4 is 32.8 Å². The van der Waals surface area contributed by atoms with Crippen LogP contribution in [0.4, 0.5) is 14.6 Å². The summed E-state index contributed by atoms with van der Waals surface area (Å²) in [5, 5.41) is 3.32. The van der Waals surface area contributed by atoms with Gasteiger partial charge in [0.05, 0.1) is 24.1 Å². The zero-order chi connectivity index (χ0) is 33.6. The van der Waals surface area contributed by atoms with Crippen molar-refractivity contribution in [3.05, 3.63) is 102 Å². The van der Waals surface area contributed by atoms with E-state index in [0.29, 0.717) is 5.56 Å². The van der Waals surface area contributed by atoms with E-state index in [-0.39, 0.29) is 56.6 Å². The lowest BCUT2D eigenvalue weighted by atomic mass is 9.61. The average molecular weight is 668 g/mol. The van der Waals surface area contributed by atoms with Crippen molar-refractivity contribution in [2.24, 2.45) is 17.8 Å². The van der Waals surface area contributed by atoms with Gasteiger partial charge in [-0.1, -0.05) is 41.8 Å². The summed E-state index contributed by atoms with van der Waals surface area (Å²) in [7, 11) is -2.86. The third-order valence-corrected chi connectivity index (χ3v) is 11.0. The number of carbonyl (C=O) groups is 1. The molecular formula is C36H31F2N5O4S. The van der Waals surface area contributed by atoms with Crippen LogP contribution in [0, 0.1) is 48.2 Å². The van der Waals surface area contributed by atoms with E-state index in [1.54, 1.807) is 36.4 Å². The number of ether oxygens (including phenoxy) is 1. The minimum absolute atomic E-state index is 0.000625. The summed E-state index contributed by atoms with van der Waals surface area (Å²) in [6.45, 7) is 1.84. The number of methoxy groups -OCH3 is 1. The van der Waals surface area contributed by atoms with Crippen LogP contribution in [-0.2, 0) is 19.6 Å². The van der Waals surface area contributed by atoms with Crippen LogP contribution in [0.2, 0.25) is 0 Å². The molecule has 3 saturated carbocycles. The summed E-state index contributed by atoms with van der Waals surface area (Å²) in [6, 6.07) is 15.9. The van der Waals surface area contributed by atoms with Gasteiger partial charge in [-0.25, -0.2) is 31.7 Å². The standard InChI is InChI=1S/C36H31F2N5O4S/c1-21-8-15-26(16-9-21)48(45,46)43-20-28(27-18-25(37)19-39-35(27)43)33-40-29(17-10-22-6-4-3-5-7-22)31(38)34(42-33)41-32-24-13-11-23(12-14-24)30(32)36(44)47-2/h3-9,15-16,18-20,23-24,30,32H,11-14H2,1-2H3,(H,40,41,42). The lowest BCUT2D eigenvalue weighted by Gasteiger charge is -2.47. The molecule has 0 radical (unpaired) electrons. The number of hydrogen-bond acceptors (Lipinski definition) is 8. The molecule has 2 bridgehead atoms. The van der Waals surface area contributed by atoms with E-state index < -0.39 is 33.6 Å². The first-order valence-electron chi connectivity index (χ1n) is 15.6. The highest BCUT2D eigenvalue weighted by Crippen LogP contribution is 2.47. The highest BCUT2D eigenvalue weighted by Gasteiger charge is 2.48. The molecular weight excluding hydrogens is 636 g/mol. The summed E-state index contributed by atoms with van der Waals surface area (Å²) < 4.78 is 64.8. The first-order chi connectivity index (χ1) is 23.1. The molecule has 0 amide bonds. The van der Waals surface area contributed by atoms with E-state index in [2.05, 4.69) is 32.1 Å². The predicted octanol–water partition coefficient (Wildman–Crippen LogP) is 6.11. The van der Waals surface area contributed by atoms with Crippen molar-refractivity contribution in [1.82, 2.24) is 18.9 Å². The molecule has 2 aromatic carbocycles. The van der Waals surface area contributed by atoms with Gasteiger partial charge in [-0.2, -0.15) is 4.39 Å². The van der Waals surface area contributed by atoms with E-state index >= 15 is 4.39 Å². The van der Waals surface area contributed by atoms with Gasteiger partial charge < -0.3 is 10.1 Å². The zero-order valence-corrected chi connectivity index (χ0v) is 27.0. The largest absolute Gasteiger partial charge is 0.469 e. The Morgan fingerprint density at radius 1 is 0.979 bits per heavy atom. The Morgan fingerprint density at radius 2 is 1.69 bits per heavy atom. The average Bonchev–Trinajstić information content (AvgIpc) is 3.49. The summed E-state index contributed by atoms with van der Waals surface area (Å²) >= 11 is 0. The second-order valence-electron chi connectivity index (χ2n) is 12.2. The molecule has 2 unspecified atom stereocenters. The number of rotatable bonds is 6. The van der Waals surface area contributed by atoms with Gasteiger partial charge in [0.2, 0.25) is 0 Å². The van der Waals surface area contributed by atoms with Crippen LogP contribution >= 0.6 is 0 Å². The fourth-order valence-electron chi connectivity index (χ4n) is 6.93. The number of halogens is 2. The first kappa shape index (κ1) is 31.4. The maximum atomic E-state index is 16.3. The third kappa shape index (κ3) is 5.68. The van der Waals surface area contributed by atoms with Crippen molar-refractivity contribution in [2.45, 2.75) is 43.5 Å². The molecule has 1 N–H and O–H groups in total. The fraction of sp³-hybridized carbons (Fsp3) is 0.278. The van der Waals surface area contributed by atoms with E-state index in [0.717, 1.165) is 47.5 Å². The Labute approximate surface area is 276 Å². The SMILES string of the molecule is COC(=O)C1C2CCC(CC2)C1Nc1nc(-c2cn(S(=O)(=O)c3ccc(C)cc3)c3ncc(F)cc23)nc(C#Cc2ccccc2)c1F. The number of fused-ring (bicyclic) bond motifs is 4. The van der Waals surface area contributed by atoms with E-state index in [1.165, 1.54) is 25.4 Å². The second-order valence-corrected chi connectivity index (χ2v) is 14.1. The molecule has 0 saturated heterocycles. The number of nitrogens with one attached hydrogen (secondary N) is 1. The van der Waals surface area contributed by atoms with Crippen LogP contribution in [0.3, 0.4) is 0 Å². The first-order valence-corrected chi connectivity index (χ1v) is 17.1. The molecule has 8 rings (SSSR count). The summed E-state index contributed by atoms with van der Waals surface area (Å²) in [4.78, 5) is 26.1. The zero-order valence-electron chi connectivity index (χ0n) is 26.2. The Balaban J connectivity index is 1.41. The van der Waals surface area contributed by atoms with Crippen molar-refractivity contribution in [1.29, 1.82) is 0 Å². The van der Waals surface area contributed by atoms with E-state index in [1.807, 2.05) is 13.0 Å². The maximum absolute atomic E-state index is 16.3. The van der Waals surface area contributed by atoms with E-state index in [9.17, 15) is 17.6 Å². The summed E-state index contributed by atoms with van der Waals surface area (Å²) in [5.41, 5.74) is 1.29. The number of nitrogens with zero attached hydrogens (tertiary/aromatic N) is 4. The molecule has 9 nitrogen and oxygen atoms in total. The van der Waals surface area contributed by atoms with Gasteiger partial charge in [0, 0.05) is 28.8 Å². The highest BCUT2D eigenvalue weighted by molar-refractivity contribution is 7.90. The van der Waals surface area contributed by atoms with Crippen LogP contribution in [0.1, 0.15) is 42.5 Å². The smallest absolute Gasteiger partial charge is 0.311 e. The van der Waals surface area contributed by atoms with Gasteiger partial charge in [0.15, 0.2) is 28.8 Å². The molecule has 2 atom stereocenters. The van der Waals surface area contributed by atoms with Crippen LogP contribution in [0.25, 0.3) is 22.4 Å². The van der Waals surface area contributed by atoms with Crippen molar-refractivity contribution in [2.75, 3.05) is 12.4 Å². The van der Waals surface area contributed by atoms with Gasteiger partial charge >= 0.3 is 5.97 Å². The van der Waals surface area contributed by atoms with Crippen LogP contribution in [0.5, 0.6) is 0 Å². The van der Waals surface area contributed by atoms with Gasteiger partial charge in [-0.15, -0.1) is 0 Å². The number of carbonyl (C=O) groups excluding carboxylic acids is 1. The lowest BCUT2D eigenvalue weighted by molar-refractivity contribution is -0.152. The molecule has 0 aliphatic heterocycles. The Morgan fingerprint density at radius 3 is 2.40 bits per heavy atom. The Hall–Kier alpha value is -5.15. The van der Waals surface area contributed by atoms with Gasteiger partial charge in [0.1, 0.15) is 5.82 Å². The number of aromatic nitrogens is 4. The summed E-state index contributed by atoms with van der Waals surface area (Å²) in [6.07, 6.45) is 5.67. The maximum Gasteiger partial charge on any atom is 0.311 e. The van der Waals surface area contributed by atoms with Crippen LogP contribution < -0.4 is 5.32 Å². The quantitative estimate of drug-likeness (QED) is 0.171. The predicted molar refractivity (Wildman–Crippen MR) is 175 cm³/mol. The number of benzene rings is 2.